The van der Waals surface area contributed by atoms with E-state index in [2.05, 4.69) is 66.8 Å². The number of ether oxygens (including phenoxy) is 1. The van der Waals surface area contributed by atoms with Crippen LogP contribution >= 0.6 is 11.6 Å². The molecular weight excluding hydrogens is 728 g/mol. The van der Waals surface area contributed by atoms with Crippen LogP contribution in [-0.2, 0) is 16.1 Å². The van der Waals surface area contributed by atoms with Gasteiger partial charge >= 0.3 is 0 Å². The Labute approximate surface area is 333 Å². The number of halogens is 1. The number of anilines is 2. The lowest BCUT2D eigenvalue weighted by atomic mass is 9.92. The predicted octanol–water partition coefficient (Wildman–Crippen LogP) is 5.32. The van der Waals surface area contributed by atoms with Gasteiger partial charge in [-0.2, -0.15) is 10.4 Å². The Morgan fingerprint density at radius 3 is 2.32 bits per heavy atom. The number of hydrazone groups is 1. The van der Waals surface area contributed by atoms with Crippen LogP contribution in [-0.4, -0.2) is 97.8 Å². The van der Waals surface area contributed by atoms with Crippen molar-refractivity contribution in [3.05, 3.63) is 87.9 Å². The van der Waals surface area contributed by atoms with Crippen LogP contribution in [0.15, 0.2) is 65.8 Å². The molecule has 5 aliphatic rings. The van der Waals surface area contributed by atoms with Crippen molar-refractivity contribution in [2.45, 2.75) is 76.1 Å². The van der Waals surface area contributed by atoms with E-state index in [-0.39, 0.29) is 29.9 Å². The zero-order valence-electron chi connectivity index (χ0n) is 31.7. The van der Waals surface area contributed by atoms with Crippen molar-refractivity contribution in [1.29, 1.82) is 5.26 Å². The molecule has 4 fully saturated rings. The van der Waals surface area contributed by atoms with Gasteiger partial charge < -0.3 is 19.9 Å². The number of nitrogens with zero attached hydrogens (tertiary/aromatic N) is 6. The van der Waals surface area contributed by atoms with E-state index in [4.69, 9.17) is 21.6 Å². The fraction of sp³-hybridized carbons (Fsp3) is 0.465. The molecule has 3 amide bonds. The summed E-state index contributed by atoms with van der Waals surface area (Å²) in [6.07, 6.45) is 8.46. The first kappa shape index (κ1) is 37.8. The largest absolute Gasteiger partial charge is 0.490 e. The second-order valence-electron chi connectivity index (χ2n) is 15.8. The molecular formula is C43H49ClN8O4. The maximum absolute atomic E-state index is 13.1. The van der Waals surface area contributed by atoms with Crippen molar-refractivity contribution in [3.63, 3.8) is 0 Å². The molecule has 0 bridgehead atoms. The minimum atomic E-state index is -0.405. The summed E-state index contributed by atoms with van der Waals surface area (Å²) >= 11 is 6.16. The third-order valence-corrected chi connectivity index (χ3v) is 12.4. The average Bonchev–Trinajstić information content (AvgIpc) is 3.22. The lowest BCUT2D eigenvalue weighted by Crippen LogP contribution is -2.51. The molecule has 12 nitrogen and oxygen atoms in total. The maximum Gasteiger partial charge on any atom is 0.251 e. The molecule has 0 spiro atoms. The van der Waals surface area contributed by atoms with Crippen LogP contribution in [0.5, 0.6) is 5.75 Å². The fourth-order valence-electron chi connectivity index (χ4n) is 8.75. The molecule has 1 atom stereocenters. The second kappa shape index (κ2) is 16.9. The van der Waals surface area contributed by atoms with Crippen molar-refractivity contribution in [1.82, 2.24) is 20.5 Å². The quantitative estimate of drug-likeness (QED) is 0.277. The molecule has 292 valence electrons. The maximum atomic E-state index is 13.1. The van der Waals surface area contributed by atoms with E-state index >= 15 is 0 Å². The molecule has 1 saturated carbocycles. The molecule has 0 aromatic heterocycles. The zero-order chi connectivity index (χ0) is 38.6. The number of hydrogen-bond acceptors (Lipinski definition) is 10. The Balaban J connectivity index is 0.737. The van der Waals surface area contributed by atoms with Crippen molar-refractivity contribution < 1.29 is 19.1 Å². The van der Waals surface area contributed by atoms with Crippen LogP contribution in [0.25, 0.3) is 0 Å². The highest BCUT2D eigenvalue weighted by molar-refractivity contribution is 6.31. The molecule has 1 unspecified atom stereocenters. The molecule has 3 saturated heterocycles. The molecule has 8 rings (SSSR count). The Morgan fingerprint density at radius 2 is 1.61 bits per heavy atom. The zero-order valence-corrected chi connectivity index (χ0v) is 32.4. The van der Waals surface area contributed by atoms with Gasteiger partial charge in [-0.15, -0.1) is 0 Å². The highest BCUT2D eigenvalue weighted by Crippen LogP contribution is 2.30. The molecule has 13 heteroatoms. The smallest absolute Gasteiger partial charge is 0.251 e. The molecule has 56 heavy (non-hydrogen) atoms. The van der Waals surface area contributed by atoms with Gasteiger partial charge in [0.25, 0.3) is 11.8 Å². The minimum Gasteiger partial charge on any atom is -0.490 e. The van der Waals surface area contributed by atoms with Crippen molar-refractivity contribution in [2.75, 3.05) is 55.6 Å². The molecule has 3 aromatic carbocycles. The van der Waals surface area contributed by atoms with E-state index in [1.807, 2.05) is 18.3 Å². The number of nitrogens with one attached hydrogen (secondary N) is 2. The van der Waals surface area contributed by atoms with E-state index in [0.717, 1.165) is 95.5 Å². The lowest BCUT2D eigenvalue weighted by molar-refractivity contribution is -0.137. The summed E-state index contributed by atoms with van der Waals surface area (Å²) in [5.41, 5.74) is 5.74. The fourth-order valence-corrected chi connectivity index (χ4v) is 8.96. The number of carbonyl (C=O) groups excluding carboxylic acids is 3. The predicted molar refractivity (Wildman–Crippen MR) is 216 cm³/mol. The molecule has 3 aromatic rings. The summed E-state index contributed by atoms with van der Waals surface area (Å²) in [6.45, 7) is 7.80. The summed E-state index contributed by atoms with van der Waals surface area (Å²) in [4.78, 5) is 44.5. The van der Waals surface area contributed by atoms with E-state index < -0.39 is 6.04 Å². The number of piperidine rings is 2. The number of fused-ring (bicyclic) bond motifs is 1. The van der Waals surface area contributed by atoms with Crippen molar-refractivity contribution in [2.24, 2.45) is 11.0 Å². The monoisotopic (exact) mass is 776 g/mol. The Hall–Kier alpha value is -5.12. The summed E-state index contributed by atoms with van der Waals surface area (Å²) in [7, 11) is 0. The van der Waals surface area contributed by atoms with E-state index in [1.165, 1.54) is 11.4 Å². The van der Waals surface area contributed by atoms with Gasteiger partial charge in [0, 0.05) is 86.8 Å². The first-order valence-electron chi connectivity index (χ1n) is 20.0. The third kappa shape index (κ3) is 8.79. The topological polar surface area (TPSA) is 134 Å². The van der Waals surface area contributed by atoms with E-state index in [9.17, 15) is 14.4 Å². The van der Waals surface area contributed by atoms with Crippen LogP contribution in [0.2, 0.25) is 5.02 Å². The lowest BCUT2D eigenvalue weighted by Gasteiger charge is -2.40. The van der Waals surface area contributed by atoms with E-state index in [0.29, 0.717) is 47.2 Å². The van der Waals surface area contributed by atoms with Crippen LogP contribution in [0.1, 0.15) is 78.4 Å². The van der Waals surface area contributed by atoms with Crippen molar-refractivity contribution in [3.8, 4) is 11.8 Å². The highest BCUT2D eigenvalue weighted by atomic mass is 35.5. The third-order valence-electron chi connectivity index (χ3n) is 12.1. The SMILES string of the molecule is N#Cc1ccc(OC2CCC(NC(=O)c3ccc(N4CCC(CN5CCN(c6ccc7c(c6)C=NN(C6CCC(=O)NC6=O)C7)CC5)CC4)cc3)CC2)cc1Cl. The molecule has 1 aliphatic carbocycles. The highest BCUT2D eigenvalue weighted by Gasteiger charge is 2.33. The van der Waals surface area contributed by atoms with Gasteiger partial charge in [0.15, 0.2) is 0 Å². The summed E-state index contributed by atoms with van der Waals surface area (Å²) < 4.78 is 6.11. The van der Waals surface area contributed by atoms with Crippen LogP contribution in [0.4, 0.5) is 11.4 Å². The Kier molecular flexibility index (Phi) is 11.4. The summed E-state index contributed by atoms with van der Waals surface area (Å²) in [5, 5.41) is 21.5. The normalized spacial score (nSPS) is 23.3. The number of hydrogen-bond donors (Lipinski definition) is 2. The summed E-state index contributed by atoms with van der Waals surface area (Å²) in [6, 6.07) is 21.6. The van der Waals surface area contributed by atoms with Crippen LogP contribution in [0, 0.1) is 17.2 Å². The minimum absolute atomic E-state index is 0.0301. The average molecular weight is 777 g/mol. The van der Waals surface area contributed by atoms with Gasteiger partial charge in [-0.3, -0.25) is 29.6 Å². The Bertz CT molecular complexity index is 1990. The van der Waals surface area contributed by atoms with Gasteiger partial charge in [-0.1, -0.05) is 17.7 Å². The number of benzene rings is 3. The number of amides is 3. The van der Waals surface area contributed by atoms with Gasteiger partial charge in [0.2, 0.25) is 5.91 Å². The number of nitriles is 1. The van der Waals surface area contributed by atoms with Gasteiger partial charge in [0.05, 0.1) is 29.4 Å². The number of piperazine rings is 1. The number of imide groups is 1. The molecule has 2 N–H and O–H groups in total. The van der Waals surface area contributed by atoms with E-state index in [1.54, 1.807) is 23.2 Å². The van der Waals surface area contributed by atoms with Crippen LogP contribution in [0.3, 0.4) is 0 Å². The first-order valence-corrected chi connectivity index (χ1v) is 20.4. The van der Waals surface area contributed by atoms with Gasteiger partial charge in [0.1, 0.15) is 17.9 Å². The standard InChI is InChI=1S/C43H49ClN8O4/c44-39-24-38(10-4-31(39)25-45)56-37-11-5-34(6-12-37)47-42(54)30-1-7-35(8-2-30)50-17-15-29(16-18-50)27-49-19-21-51(22-20-49)36-9-3-32-28-52(46-26-33(32)23-36)40-13-14-41(53)48-43(40)55/h1-4,7-10,23-24,26,29,34,37,40H,5-6,11-22,27-28H2,(H,47,54)(H,48,53,55). The second-order valence-corrected chi connectivity index (χ2v) is 16.2. The molecule has 0 radical (unpaired) electrons. The first-order chi connectivity index (χ1) is 27.3. The number of rotatable bonds is 9. The Morgan fingerprint density at radius 1 is 0.875 bits per heavy atom. The summed E-state index contributed by atoms with van der Waals surface area (Å²) in [5.74, 6) is 0.847. The van der Waals surface area contributed by atoms with Gasteiger partial charge in [-0.25, -0.2) is 0 Å². The number of carbonyl (C=O) groups is 3. The van der Waals surface area contributed by atoms with Crippen LogP contribution < -0.4 is 25.2 Å². The van der Waals surface area contributed by atoms with Gasteiger partial charge in [-0.05, 0) is 105 Å². The molecule has 4 aliphatic heterocycles. The molecule has 4 heterocycles. The van der Waals surface area contributed by atoms with Crippen molar-refractivity contribution >= 4 is 46.9 Å².